The summed E-state index contributed by atoms with van der Waals surface area (Å²) in [4.78, 5) is 17.9. The van der Waals surface area contributed by atoms with E-state index in [1.807, 2.05) is 23.9 Å². The number of pyridine rings is 1. The molecule has 1 amide bonds. The van der Waals surface area contributed by atoms with E-state index in [-0.39, 0.29) is 19.0 Å². The van der Waals surface area contributed by atoms with E-state index < -0.39 is 12.7 Å². The van der Waals surface area contributed by atoms with Crippen LogP contribution in [-0.4, -0.2) is 38.3 Å². The van der Waals surface area contributed by atoms with E-state index in [0.717, 1.165) is 34.4 Å². The smallest absolute Gasteiger partial charge is 0.323 e. The van der Waals surface area contributed by atoms with E-state index in [9.17, 15) is 18.0 Å². The lowest BCUT2D eigenvalue weighted by Crippen LogP contribution is -2.29. The molecule has 2 aromatic heterocycles. The largest absolute Gasteiger partial charge is 0.401 e. The standard InChI is InChI=1S/C23H22F3N5O/c1-2-31-14-19(11-28-31)21-7-8-27-10-16(21)4-6-22(32)29-20-5-3-17-12-30(13-18(17)9-20)15-23(24,25)26/h3-11,14H,2,12-13,15H2,1H3,(H,29,32). The topological polar surface area (TPSA) is 63.1 Å². The van der Waals surface area contributed by atoms with Crippen LogP contribution in [0.15, 0.2) is 55.1 Å². The van der Waals surface area contributed by atoms with Gasteiger partial charge < -0.3 is 5.32 Å². The van der Waals surface area contributed by atoms with Crippen molar-refractivity contribution in [2.45, 2.75) is 32.7 Å². The minimum Gasteiger partial charge on any atom is -0.323 e. The zero-order valence-corrected chi connectivity index (χ0v) is 17.4. The second-order valence-electron chi connectivity index (χ2n) is 7.61. The molecule has 0 saturated heterocycles. The molecule has 0 radical (unpaired) electrons. The van der Waals surface area contributed by atoms with Crippen molar-refractivity contribution in [2.75, 3.05) is 11.9 Å². The summed E-state index contributed by atoms with van der Waals surface area (Å²) in [5, 5.41) is 7.06. The summed E-state index contributed by atoms with van der Waals surface area (Å²) in [6.45, 7) is 2.27. The second kappa shape index (κ2) is 8.96. The fourth-order valence-corrected chi connectivity index (χ4v) is 3.74. The lowest BCUT2D eigenvalue weighted by molar-refractivity contribution is -0.147. The van der Waals surface area contributed by atoms with Crippen LogP contribution in [0.4, 0.5) is 18.9 Å². The van der Waals surface area contributed by atoms with Gasteiger partial charge in [-0.25, -0.2) is 0 Å². The maximum atomic E-state index is 12.6. The van der Waals surface area contributed by atoms with Gasteiger partial charge in [0.25, 0.3) is 0 Å². The van der Waals surface area contributed by atoms with Crippen LogP contribution in [0.25, 0.3) is 17.2 Å². The van der Waals surface area contributed by atoms with Gasteiger partial charge in [-0.05, 0) is 47.9 Å². The van der Waals surface area contributed by atoms with Gasteiger partial charge in [-0.3, -0.25) is 19.4 Å². The van der Waals surface area contributed by atoms with Gasteiger partial charge in [-0.2, -0.15) is 18.3 Å². The lowest BCUT2D eigenvalue weighted by atomic mass is 10.0. The first-order valence-electron chi connectivity index (χ1n) is 10.2. The molecule has 0 atom stereocenters. The van der Waals surface area contributed by atoms with E-state index in [1.165, 1.54) is 11.0 Å². The second-order valence-corrected chi connectivity index (χ2v) is 7.61. The quantitative estimate of drug-likeness (QED) is 0.573. The van der Waals surface area contributed by atoms with Crippen molar-refractivity contribution in [3.8, 4) is 11.1 Å². The summed E-state index contributed by atoms with van der Waals surface area (Å²) >= 11 is 0. The minimum atomic E-state index is -4.23. The molecule has 0 unspecified atom stereocenters. The van der Waals surface area contributed by atoms with Gasteiger partial charge in [-0.1, -0.05) is 6.07 Å². The Hall–Kier alpha value is -3.46. The van der Waals surface area contributed by atoms with Crippen molar-refractivity contribution >= 4 is 17.7 Å². The molecule has 0 saturated carbocycles. The summed E-state index contributed by atoms with van der Waals surface area (Å²) in [6.07, 6.45) is 5.91. The number of hydrogen-bond acceptors (Lipinski definition) is 4. The van der Waals surface area contributed by atoms with Gasteiger partial charge >= 0.3 is 6.18 Å². The van der Waals surface area contributed by atoms with E-state index in [4.69, 9.17) is 0 Å². The number of carbonyl (C=O) groups excluding carboxylic acids is 1. The Morgan fingerprint density at radius 3 is 2.75 bits per heavy atom. The van der Waals surface area contributed by atoms with Crippen LogP contribution in [0.1, 0.15) is 23.6 Å². The number of benzene rings is 1. The highest BCUT2D eigenvalue weighted by Crippen LogP contribution is 2.29. The first kappa shape index (κ1) is 21.8. The van der Waals surface area contributed by atoms with Crippen molar-refractivity contribution < 1.29 is 18.0 Å². The number of hydrogen-bond donors (Lipinski definition) is 1. The molecule has 1 aromatic carbocycles. The molecule has 0 aliphatic carbocycles. The molecule has 9 heteroatoms. The average Bonchev–Trinajstić information content (AvgIpc) is 3.37. The summed E-state index contributed by atoms with van der Waals surface area (Å²) in [7, 11) is 0. The third-order valence-corrected chi connectivity index (χ3v) is 5.20. The summed E-state index contributed by atoms with van der Waals surface area (Å²) in [5.74, 6) is -0.339. The van der Waals surface area contributed by atoms with Crippen molar-refractivity contribution in [1.29, 1.82) is 0 Å². The highest BCUT2D eigenvalue weighted by atomic mass is 19.4. The Morgan fingerprint density at radius 2 is 2.00 bits per heavy atom. The molecule has 4 rings (SSSR count). The fourth-order valence-electron chi connectivity index (χ4n) is 3.74. The summed E-state index contributed by atoms with van der Waals surface area (Å²) in [5.41, 5.74) is 4.79. The molecule has 0 bridgehead atoms. The van der Waals surface area contributed by atoms with Crippen LogP contribution in [0.3, 0.4) is 0 Å². The first-order valence-corrected chi connectivity index (χ1v) is 10.2. The Morgan fingerprint density at radius 1 is 1.19 bits per heavy atom. The van der Waals surface area contributed by atoms with Gasteiger partial charge in [-0.15, -0.1) is 0 Å². The number of nitrogens with one attached hydrogen (secondary N) is 1. The maximum absolute atomic E-state index is 12.6. The van der Waals surface area contributed by atoms with Crippen LogP contribution < -0.4 is 5.32 Å². The van der Waals surface area contributed by atoms with Crippen molar-refractivity contribution in [3.05, 3.63) is 71.8 Å². The molecule has 3 heterocycles. The number of aromatic nitrogens is 3. The van der Waals surface area contributed by atoms with Gasteiger partial charge in [0.1, 0.15) is 0 Å². The highest BCUT2D eigenvalue weighted by Gasteiger charge is 2.33. The molecular weight excluding hydrogens is 419 g/mol. The van der Waals surface area contributed by atoms with E-state index in [1.54, 1.807) is 42.9 Å². The van der Waals surface area contributed by atoms with E-state index >= 15 is 0 Å². The van der Waals surface area contributed by atoms with Crippen molar-refractivity contribution in [1.82, 2.24) is 19.7 Å². The van der Waals surface area contributed by atoms with Crippen LogP contribution >= 0.6 is 0 Å². The van der Waals surface area contributed by atoms with Crippen LogP contribution in [0.2, 0.25) is 0 Å². The number of halogens is 3. The zero-order valence-electron chi connectivity index (χ0n) is 17.4. The monoisotopic (exact) mass is 441 g/mol. The van der Waals surface area contributed by atoms with E-state index in [0.29, 0.717) is 5.69 Å². The minimum absolute atomic E-state index is 0.207. The number of aryl methyl sites for hydroxylation is 1. The van der Waals surface area contributed by atoms with Crippen LogP contribution in [-0.2, 0) is 24.4 Å². The predicted molar refractivity (Wildman–Crippen MR) is 115 cm³/mol. The first-order chi connectivity index (χ1) is 15.3. The van der Waals surface area contributed by atoms with Crippen LogP contribution in [0, 0.1) is 0 Å². The SMILES string of the molecule is CCn1cc(-c2ccncc2C=CC(=O)Nc2ccc3c(c2)CN(CC(F)(F)F)C3)cn1. The molecular formula is C23H22F3N5O. The number of nitrogens with zero attached hydrogens (tertiary/aromatic N) is 4. The molecule has 32 heavy (non-hydrogen) atoms. The highest BCUT2D eigenvalue weighted by molar-refractivity contribution is 6.02. The maximum Gasteiger partial charge on any atom is 0.401 e. The van der Waals surface area contributed by atoms with E-state index in [2.05, 4.69) is 15.4 Å². The molecule has 1 aliphatic rings. The number of anilines is 1. The molecule has 1 N–H and O–H groups in total. The Bertz CT molecular complexity index is 1150. The van der Waals surface area contributed by atoms with Gasteiger partial charge in [0.05, 0.1) is 12.7 Å². The Labute approximate surface area is 183 Å². The lowest BCUT2D eigenvalue weighted by Gasteiger charge is -2.16. The predicted octanol–water partition coefficient (Wildman–Crippen LogP) is 4.49. The summed E-state index contributed by atoms with van der Waals surface area (Å²) < 4.78 is 39.8. The fraction of sp³-hybridized carbons (Fsp3) is 0.261. The van der Waals surface area contributed by atoms with Crippen LogP contribution in [0.5, 0.6) is 0 Å². The van der Waals surface area contributed by atoms with Gasteiger partial charge in [0.15, 0.2) is 0 Å². The van der Waals surface area contributed by atoms with Crippen molar-refractivity contribution in [2.24, 2.45) is 0 Å². The third-order valence-electron chi connectivity index (χ3n) is 5.20. The molecule has 0 fully saturated rings. The molecule has 6 nitrogen and oxygen atoms in total. The Balaban J connectivity index is 1.43. The molecule has 166 valence electrons. The number of rotatable bonds is 6. The number of carbonyl (C=O) groups is 1. The molecule has 0 spiro atoms. The van der Waals surface area contributed by atoms with Gasteiger partial charge in [0.2, 0.25) is 5.91 Å². The zero-order chi connectivity index (χ0) is 22.7. The average molecular weight is 441 g/mol. The van der Waals surface area contributed by atoms with Gasteiger partial charge in [0, 0.05) is 61.1 Å². The molecule has 1 aliphatic heterocycles. The summed E-state index contributed by atoms with van der Waals surface area (Å²) in [6, 6.07) is 7.06. The number of fused-ring (bicyclic) bond motifs is 1. The molecule has 3 aromatic rings. The number of alkyl halides is 3. The number of amides is 1. The van der Waals surface area contributed by atoms with Crippen molar-refractivity contribution in [3.63, 3.8) is 0 Å². The third kappa shape index (κ3) is 5.23. The normalized spacial score (nSPS) is 14.1. The Kier molecular flexibility index (Phi) is 6.09.